The lowest BCUT2D eigenvalue weighted by Crippen LogP contribution is -2.40. The highest BCUT2D eigenvalue weighted by atomic mass is 16.3. The van der Waals surface area contributed by atoms with Crippen molar-refractivity contribution in [2.45, 2.75) is 26.8 Å². The molecule has 1 aliphatic rings. The topological polar surface area (TPSA) is 37.2 Å². The lowest BCUT2D eigenvalue weighted by atomic mass is 9.76. The second kappa shape index (κ2) is 5.02. The number of nitrogens with one attached hydrogen (secondary N) is 2. The molecule has 1 aromatic rings. The molecular formula is C13H22N2O. The van der Waals surface area contributed by atoms with Crippen LogP contribution in [0.25, 0.3) is 0 Å². The molecular weight excluding hydrogens is 200 g/mol. The van der Waals surface area contributed by atoms with Crippen LogP contribution < -0.4 is 10.6 Å². The van der Waals surface area contributed by atoms with Crippen molar-refractivity contribution in [3.05, 3.63) is 24.2 Å². The fourth-order valence-electron chi connectivity index (χ4n) is 2.46. The molecule has 1 unspecified atom stereocenters. The zero-order valence-corrected chi connectivity index (χ0v) is 10.3. The summed E-state index contributed by atoms with van der Waals surface area (Å²) in [4.78, 5) is 0. The molecule has 2 rings (SSSR count). The molecule has 3 nitrogen and oxygen atoms in total. The Morgan fingerprint density at radius 1 is 1.56 bits per heavy atom. The molecule has 3 heteroatoms. The molecule has 0 aromatic carbocycles. The zero-order valence-electron chi connectivity index (χ0n) is 10.3. The van der Waals surface area contributed by atoms with Crippen LogP contribution in [-0.2, 0) is 6.54 Å². The number of hydrogen-bond acceptors (Lipinski definition) is 3. The van der Waals surface area contributed by atoms with Gasteiger partial charge in [-0.15, -0.1) is 0 Å². The van der Waals surface area contributed by atoms with E-state index in [2.05, 4.69) is 24.5 Å². The summed E-state index contributed by atoms with van der Waals surface area (Å²) in [6, 6.07) is 3.95. The van der Waals surface area contributed by atoms with Crippen molar-refractivity contribution in [2.75, 3.05) is 19.6 Å². The molecule has 0 bridgehead atoms. The van der Waals surface area contributed by atoms with E-state index in [1.165, 1.54) is 6.42 Å². The Bertz CT molecular complexity index is 300. The first kappa shape index (κ1) is 11.7. The molecule has 1 fully saturated rings. The Morgan fingerprint density at radius 2 is 2.44 bits per heavy atom. The van der Waals surface area contributed by atoms with Gasteiger partial charge in [-0.2, -0.15) is 0 Å². The maximum atomic E-state index is 5.31. The predicted molar refractivity (Wildman–Crippen MR) is 65.2 cm³/mol. The monoisotopic (exact) mass is 222 g/mol. The molecule has 0 saturated carbocycles. The SMILES string of the molecule is CC(C)C1(CNCc2ccco2)CCNC1. The Morgan fingerprint density at radius 3 is 3.00 bits per heavy atom. The molecule has 90 valence electrons. The van der Waals surface area contributed by atoms with Gasteiger partial charge in [-0.1, -0.05) is 13.8 Å². The van der Waals surface area contributed by atoms with Crippen molar-refractivity contribution >= 4 is 0 Å². The molecule has 16 heavy (non-hydrogen) atoms. The van der Waals surface area contributed by atoms with Crippen molar-refractivity contribution in [3.63, 3.8) is 0 Å². The molecule has 2 N–H and O–H groups in total. The Hall–Kier alpha value is -0.800. The van der Waals surface area contributed by atoms with Gasteiger partial charge in [-0.05, 0) is 36.4 Å². The highest BCUT2D eigenvalue weighted by molar-refractivity contribution is 4.98. The van der Waals surface area contributed by atoms with E-state index in [1.807, 2.05) is 12.1 Å². The molecule has 2 heterocycles. The van der Waals surface area contributed by atoms with Crippen LogP contribution in [0, 0.1) is 11.3 Å². The van der Waals surface area contributed by atoms with Gasteiger partial charge in [0.25, 0.3) is 0 Å². The largest absolute Gasteiger partial charge is 0.468 e. The van der Waals surface area contributed by atoms with Gasteiger partial charge in [0.05, 0.1) is 12.8 Å². The van der Waals surface area contributed by atoms with Gasteiger partial charge in [-0.25, -0.2) is 0 Å². The summed E-state index contributed by atoms with van der Waals surface area (Å²) in [5.41, 5.74) is 0.423. The van der Waals surface area contributed by atoms with Crippen LogP contribution in [-0.4, -0.2) is 19.6 Å². The maximum Gasteiger partial charge on any atom is 0.117 e. The summed E-state index contributed by atoms with van der Waals surface area (Å²) in [7, 11) is 0. The highest BCUT2D eigenvalue weighted by Gasteiger charge is 2.36. The summed E-state index contributed by atoms with van der Waals surface area (Å²) >= 11 is 0. The van der Waals surface area contributed by atoms with Crippen LogP contribution in [0.5, 0.6) is 0 Å². The summed E-state index contributed by atoms with van der Waals surface area (Å²) in [6.45, 7) is 8.83. The predicted octanol–water partition coefficient (Wildman–Crippen LogP) is 2.00. The van der Waals surface area contributed by atoms with Gasteiger partial charge in [0.15, 0.2) is 0 Å². The molecule has 0 radical (unpaired) electrons. The molecule has 1 aliphatic heterocycles. The minimum absolute atomic E-state index is 0.423. The van der Waals surface area contributed by atoms with Crippen LogP contribution in [0.3, 0.4) is 0 Å². The second-order valence-electron chi connectivity index (χ2n) is 5.13. The van der Waals surface area contributed by atoms with E-state index in [4.69, 9.17) is 4.42 Å². The van der Waals surface area contributed by atoms with Crippen molar-refractivity contribution in [2.24, 2.45) is 11.3 Å². The zero-order chi connectivity index (χ0) is 11.4. The number of furan rings is 1. The van der Waals surface area contributed by atoms with E-state index in [9.17, 15) is 0 Å². The van der Waals surface area contributed by atoms with Crippen molar-refractivity contribution < 1.29 is 4.42 Å². The van der Waals surface area contributed by atoms with Crippen LogP contribution in [0.4, 0.5) is 0 Å². The van der Waals surface area contributed by atoms with Crippen LogP contribution in [0.15, 0.2) is 22.8 Å². The summed E-state index contributed by atoms with van der Waals surface area (Å²) < 4.78 is 5.31. The summed E-state index contributed by atoms with van der Waals surface area (Å²) in [6.07, 6.45) is 3.00. The van der Waals surface area contributed by atoms with Gasteiger partial charge in [0, 0.05) is 13.1 Å². The number of hydrogen-bond donors (Lipinski definition) is 2. The normalized spacial score (nSPS) is 25.4. The third kappa shape index (κ3) is 2.47. The van der Waals surface area contributed by atoms with Crippen molar-refractivity contribution in [1.82, 2.24) is 10.6 Å². The van der Waals surface area contributed by atoms with E-state index in [0.717, 1.165) is 31.9 Å². The van der Waals surface area contributed by atoms with Crippen LogP contribution in [0.2, 0.25) is 0 Å². The third-order valence-corrected chi connectivity index (χ3v) is 3.86. The summed E-state index contributed by atoms with van der Waals surface area (Å²) in [5.74, 6) is 1.73. The van der Waals surface area contributed by atoms with E-state index >= 15 is 0 Å². The lowest BCUT2D eigenvalue weighted by Gasteiger charge is -2.32. The van der Waals surface area contributed by atoms with Gasteiger partial charge < -0.3 is 15.1 Å². The quantitative estimate of drug-likeness (QED) is 0.800. The highest BCUT2D eigenvalue weighted by Crippen LogP contribution is 2.33. The first-order chi connectivity index (χ1) is 7.73. The average molecular weight is 222 g/mol. The van der Waals surface area contributed by atoms with Gasteiger partial charge in [0.1, 0.15) is 5.76 Å². The van der Waals surface area contributed by atoms with Gasteiger partial charge in [0.2, 0.25) is 0 Å². The van der Waals surface area contributed by atoms with E-state index < -0.39 is 0 Å². The first-order valence-electron chi connectivity index (χ1n) is 6.17. The standard InChI is InChI=1S/C13H22N2O/c1-11(2)13(5-6-14-9-13)10-15-8-12-4-3-7-16-12/h3-4,7,11,14-15H,5-6,8-10H2,1-2H3. The molecule has 1 aromatic heterocycles. The summed E-state index contributed by atoms with van der Waals surface area (Å²) in [5, 5.41) is 6.99. The van der Waals surface area contributed by atoms with E-state index in [-0.39, 0.29) is 0 Å². The Balaban J connectivity index is 1.83. The second-order valence-corrected chi connectivity index (χ2v) is 5.13. The molecule has 0 spiro atoms. The molecule has 0 amide bonds. The third-order valence-electron chi connectivity index (χ3n) is 3.86. The van der Waals surface area contributed by atoms with Gasteiger partial charge >= 0.3 is 0 Å². The van der Waals surface area contributed by atoms with Crippen molar-refractivity contribution in [3.8, 4) is 0 Å². The molecule has 1 saturated heterocycles. The average Bonchev–Trinajstić information content (AvgIpc) is 2.88. The Labute approximate surface area is 97.6 Å². The van der Waals surface area contributed by atoms with Gasteiger partial charge in [-0.3, -0.25) is 0 Å². The number of rotatable bonds is 5. The van der Waals surface area contributed by atoms with E-state index in [1.54, 1.807) is 6.26 Å². The Kier molecular flexibility index (Phi) is 3.66. The smallest absolute Gasteiger partial charge is 0.117 e. The maximum absolute atomic E-state index is 5.31. The van der Waals surface area contributed by atoms with Crippen molar-refractivity contribution in [1.29, 1.82) is 0 Å². The molecule has 1 atom stereocenters. The minimum atomic E-state index is 0.423. The fraction of sp³-hybridized carbons (Fsp3) is 0.692. The minimum Gasteiger partial charge on any atom is -0.468 e. The van der Waals surface area contributed by atoms with E-state index in [0.29, 0.717) is 11.3 Å². The fourth-order valence-corrected chi connectivity index (χ4v) is 2.46. The lowest BCUT2D eigenvalue weighted by molar-refractivity contribution is 0.206. The molecule has 0 aliphatic carbocycles. The first-order valence-corrected chi connectivity index (χ1v) is 6.17. The van der Waals surface area contributed by atoms with Crippen LogP contribution in [0.1, 0.15) is 26.0 Å². The van der Waals surface area contributed by atoms with Crippen LogP contribution >= 0.6 is 0 Å².